The number of hydrogen-bond donors (Lipinski definition) is 2. The van der Waals surface area contributed by atoms with Crippen LogP contribution in [0.5, 0.6) is 0 Å². The number of carbonyl (C=O) groups is 2. The van der Waals surface area contributed by atoms with Crippen molar-refractivity contribution < 1.29 is 19.4 Å². The zero-order valence-corrected chi connectivity index (χ0v) is 10.7. The van der Waals surface area contributed by atoms with E-state index in [1.807, 2.05) is 0 Å². The van der Waals surface area contributed by atoms with Gasteiger partial charge in [0.05, 0.1) is 24.8 Å². The molecule has 0 aliphatic heterocycles. The Morgan fingerprint density at radius 3 is 2.50 bits per heavy atom. The van der Waals surface area contributed by atoms with Gasteiger partial charge in [0.1, 0.15) is 0 Å². The number of esters is 1. The molecule has 0 saturated carbocycles. The first kappa shape index (κ1) is 14.2. The molecular formula is C13H17NO4. The van der Waals surface area contributed by atoms with Gasteiger partial charge >= 0.3 is 5.97 Å². The lowest BCUT2D eigenvalue weighted by Crippen LogP contribution is -2.46. The van der Waals surface area contributed by atoms with Gasteiger partial charge in [-0.25, -0.2) is 4.79 Å². The van der Waals surface area contributed by atoms with E-state index in [0.29, 0.717) is 11.1 Å². The van der Waals surface area contributed by atoms with Crippen LogP contribution in [0, 0.1) is 0 Å². The van der Waals surface area contributed by atoms with Crippen molar-refractivity contribution in [2.24, 2.45) is 0 Å². The van der Waals surface area contributed by atoms with E-state index >= 15 is 0 Å². The molecule has 0 aliphatic carbocycles. The Kier molecular flexibility index (Phi) is 4.44. The molecule has 0 aromatic heterocycles. The monoisotopic (exact) mass is 251 g/mol. The summed E-state index contributed by atoms with van der Waals surface area (Å²) < 4.78 is 4.58. The number of rotatable bonds is 4. The van der Waals surface area contributed by atoms with Gasteiger partial charge in [0.25, 0.3) is 5.91 Å². The largest absolute Gasteiger partial charge is 0.465 e. The number of carbonyl (C=O) groups excluding carboxylic acids is 2. The first-order chi connectivity index (χ1) is 8.39. The molecule has 0 saturated heterocycles. The second-order valence-electron chi connectivity index (χ2n) is 4.57. The number of hydrogen-bond acceptors (Lipinski definition) is 4. The smallest absolute Gasteiger partial charge is 0.337 e. The number of amides is 1. The molecule has 2 N–H and O–H groups in total. The normalized spacial score (nSPS) is 10.9. The predicted molar refractivity (Wildman–Crippen MR) is 66.4 cm³/mol. The van der Waals surface area contributed by atoms with Crippen LogP contribution in [-0.4, -0.2) is 36.2 Å². The van der Waals surface area contributed by atoms with E-state index < -0.39 is 11.5 Å². The molecule has 0 atom stereocenters. The minimum absolute atomic E-state index is 0.171. The average Bonchev–Trinajstić information content (AvgIpc) is 2.37. The quantitative estimate of drug-likeness (QED) is 0.782. The summed E-state index contributed by atoms with van der Waals surface area (Å²) in [6, 6.07) is 6.22. The van der Waals surface area contributed by atoms with E-state index in [0.717, 1.165) is 0 Å². The van der Waals surface area contributed by atoms with E-state index in [4.69, 9.17) is 5.11 Å². The molecule has 1 amide bonds. The summed E-state index contributed by atoms with van der Waals surface area (Å²) >= 11 is 0. The van der Waals surface area contributed by atoms with Gasteiger partial charge in [-0.3, -0.25) is 4.79 Å². The zero-order chi connectivity index (χ0) is 13.8. The second-order valence-corrected chi connectivity index (χ2v) is 4.57. The van der Waals surface area contributed by atoms with Crippen molar-refractivity contribution >= 4 is 11.9 Å². The Morgan fingerprint density at radius 1 is 1.33 bits per heavy atom. The molecule has 0 spiro atoms. The van der Waals surface area contributed by atoms with Gasteiger partial charge in [-0.15, -0.1) is 0 Å². The maximum atomic E-state index is 11.9. The van der Waals surface area contributed by atoms with E-state index in [9.17, 15) is 9.59 Å². The number of aliphatic hydroxyl groups excluding tert-OH is 1. The van der Waals surface area contributed by atoms with E-state index in [-0.39, 0.29) is 12.5 Å². The van der Waals surface area contributed by atoms with Crippen molar-refractivity contribution in [1.82, 2.24) is 5.32 Å². The molecule has 1 rings (SSSR count). The first-order valence-electron chi connectivity index (χ1n) is 5.51. The van der Waals surface area contributed by atoms with Crippen molar-refractivity contribution in [3.8, 4) is 0 Å². The molecule has 1 aromatic carbocycles. The van der Waals surface area contributed by atoms with Gasteiger partial charge in [0.15, 0.2) is 0 Å². The first-order valence-corrected chi connectivity index (χ1v) is 5.51. The second kappa shape index (κ2) is 5.64. The van der Waals surface area contributed by atoms with Crippen LogP contribution in [0.2, 0.25) is 0 Å². The highest BCUT2D eigenvalue weighted by molar-refractivity contribution is 5.98. The standard InChI is InChI=1S/C13H17NO4/c1-13(2,8-15)14-11(16)9-5-4-6-10(7-9)12(17)18-3/h4-7,15H,8H2,1-3H3,(H,14,16). The Morgan fingerprint density at radius 2 is 1.94 bits per heavy atom. The predicted octanol–water partition coefficient (Wildman–Crippen LogP) is 0.974. The van der Waals surface area contributed by atoms with Crippen LogP contribution in [0.3, 0.4) is 0 Å². The molecule has 0 heterocycles. The van der Waals surface area contributed by atoms with Crippen molar-refractivity contribution in [2.75, 3.05) is 13.7 Å². The third-order valence-electron chi connectivity index (χ3n) is 2.39. The molecule has 0 unspecified atom stereocenters. The highest BCUT2D eigenvalue weighted by Crippen LogP contribution is 2.09. The summed E-state index contributed by atoms with van der Waals surface area (Å²) in [7, 11) is 1.28. The van der Waals surface area contributed by atoms with Crippen LogP contribution >= 0.6 is 0 Å². The topological polar surface area (TPSA) is 75.6 Å². The lowest BCUT2D eigenvalue weighted by atomic mass is 10.1. The third-order valence-corrected chi connectivity index (χ3v) is 2.39. The van der Waals surface area contributed by atoms with Gasteiger partial charge in [-0.05, 0) is 32.0 Å². The SMILES string of the molecule is COC(=O)c1cccc(C(=O)NC(C)(C)CO)c1. The number of benzene rings is 1. The molecular weight excluding hydrogens is 234 g/mol. The van der Waals surface area contributed by atoms with Gasteiger partial charge < -0.3 is 15.2 Å². The van der Waals surface area contributed by atoms with Crippen LogP contribution in [0.25, 0.3) is 0 Å². The molecule has 18 heavy (non-hydrogen) atoms. The molecule has 1 aromatic rings. The van der Waals surface area contributed by atoms with Crippen molar-refractivity contribution in [3.63, 3.8) is 0 Å². The van der Waals surface area contributed by atoms with Crippen LogP contribution < -0.4 is 5.32 Å². The average molecular weight is 251 g/mol. The molecule has 5 heteroatoms. The van der Waals surface area contributed by atoms with Crippen molar-refractivity contribution in [2.45, 2.75) is 19.4 Å². The third kappa shape index (κ3) is 3.56. The Balaban J connectivity index is 2.90. The number of nitrogens with one attached hydrogen (secondary N) is 1. The Labute approximate surface area is 106 Å². The summed E-state index contributed by atoms with van der Waals surface area (Å²) in [6.07, 6.45) is 0. The van der Waals surface area contributed by atoms with E-state index in [1.165, 1.54) is 13.2 Å². The number of aliphatic hydroxyl groups is 1. The molecule has 0 fully saturated rings. The van der Waals surface area contributed by atoms with Crippen LogP contribution in [-0.2, 0) is 4.74 Å². The number of methoxy groups -OCH3 is 1. The fourth-order valence-electron chi connectivity index (χ4n) is 1.32. The van der Waals surface area contributed by atoms with E-state index in [2.05, 4.69) is 10.1 Å². The summed E-state index contributed by atoms with van der Waals surface area (Å²) in [5.74, 6) is -0.842. The van der Waals surface area contributed by atoms with Gasteiger partial charge in [-0.2, -0.15) is 0 Å². The molecule has 0 radical (unpaired) electrons. The minimum Gasteiger partial charge on any atom is -0.465 e. The molecule has 0 aliphatic rings. The molecule has 0 bridgehead atoms. The zero-order valence-electron chi connectivity index (χ0n) is 10.7. The Hall–Kier alpha value is -1.88. The maximum absolute atomic E-state index is 11.9. The fraction of sp³-hybridized carbons (Fsp3) is 0.385. The summed E-state index contributed by atoms with van der Waals surface area (Å²) in [4.78, 5) is 23.2. The highest BCUT2D eigenvalue weighted by Gasteiger charge is 2.20. The van der Waals surface area contributed by atoms with Crippen molar-refractivity contribution in [1.29, 1.82) is 0 Å². The van der Waals surface area contributed by atoms with Crippen LogP contribution in [0.1, 0.15) is 34.6 Å². The van der Waals surface area contributed by atoms with Gasteiger partial charge in [-0.1, -0.05) is 6.07 Å². The highest BCUT2D eigenvalue weighted by atomic mass is 16.5. The van der Waals surface area contributed by atoms with Gasteiger partial charge in [0.2, 0.25) is 0 Å². The summed E-state index contributed by atoms with van der Waals surface area (Å²) in [5, 5.41) is 11.7. The summed E-state index contributed by atoms with van der Waals surface area (Å²) in [6.45, 7) is 3.24. The van der Waals surface area contributed by atoms with Crippen LogP contribution in [0.15, 0.2) is 24.3 Å². The lowest BCUT2D eigenvalue weighted by Gasteiger charge is -2.23. The number of ether oxygens (including phenoxy) is 1. The van der Waals surface area contributed by atoms with Gasteiger partial charge in [0, 0.05) is 5.56 Å². The Bertz CT molecular complexity index is 454. The minimum atomic E-state index is -0.710. The van der Waals surface area contributed by atoms with Crippen molar-refractivity contribution in [3.05, 3.63) is 35.4 Å². The maximum Gasteiger partial charge on any atom is 0.337 e. The lowest BCUT2D eigenvalue weighted by molar-refractivity contribution is 0.0600. The summed E-state index contributed by atoms with van der Waals surface area (Å²) in [5.41, 5.74) is -0.0513. The van der Waals surface area contributed by atoms with Crippen LogP contribution in [0.4, 0.5) is 0 Å². The molecule has 5 nitrogen and oxygen atoms in total. The van der Waals surface area contributed by atoms with E-state index in [1.54, 1.807) is 32.0 Å². The molecule has 98 valence electrons. The fourth-order valence-corrected chi connectivity index (χ4v) is 1.32.